The third kappa shape index (κ3) is 3.08. The lowest BCUT2D eigenvalue weighted by molar-refractivity contribution is -0.385. The molecule has 0 aromatic carbocycles. The fourth-order valence-electron chi connectivity index (χ4n) is 2.09. The summed E-state index contributed by atoms with van der Waals surface area (Å²) in [5.41, 5.74) is -0.0933. The van der Waals surface area contributed by atoms with Crippen molar-refractivity contribution in [3.05, 3.63) is 27.4 Å². The fourth-order valence-corrected chi connectivity index (χ4v) is 2.31. The highest BCUT2D eigenvalue weighted by molar-refractivity contribution is 6.33. The predicted molar refractivity (Wildman–Crippen MR) is 70.0 cm³/mol. The Hall–Kier alpha value is -1.40. The monoisotopic (exact) mass is 270 g/mol. The summed E-state index contributed by atoms with van der Waals surface area (Å²) in [6, 6.07) is 2.07. The number of nitro groups is 1. The van der Waals surface area contributed by atoms with Crippen LogP contribution in [-0.4, -0.2) is 28.5 Å². The van der Waals surface area contributed by atoms with E-state index >= 15 is 0 Å². The smallest absolute Gasteiger partial charge is 0.289 e. The van der Waals surface area contributed by atoms with Crippen LogP contribution >= 0.6 is 11.6 Å². The molecule has 0 saturated carbocycles. The Morgan fingerprint density at radius 3 is 3.06 bits per heavy atom. The van der Waals surface area contributed by atoms with E-state index in [0.29, 0.717) is 17.9 Å². The molecule has 0 spiro atoms. The van der Waals surface area contributed by atoms with Gasteiger partial charge in [0.15, 0.2) is 0 Å². The van der Waals surface area contributed by atoms with Crippen molar-refractivity contribution >= 4 is 23.1 Å². The molecule has 1 aliphatic heterocycles. The van der Waals surface area contributed by atoms with Crippen LogP contribution in [0.2, 0.25) is 5.02 Å². The summed E-state index contributed by atoms with van der Waals surface area (Å²) < 4.78 is 0. The highest BCUT2D eigenvalue weighted by Crippen LogP contribution is 2.25. The Balaban J connectivity index is 2.07. The Kier molecular flexibility index (Phi) is 3.98. The van der Waals surface area contributed by atoms with Gasteiger partial charge in [-0.3, -0.25) is 10.1 Å². The second kappa shape index (κ2) is 5.49. The average Bonchev–Trinajstić information content (AvgIpc) is 2.31. The van der Waals surface area contributed by atoms with Crippen LogP contribution < -0.4 is 10.6 Å². The van der Waals surface area contributed by atoms with Crippen molar-refractivity contribution in [1.29, 1.82) is 0 Å². The molecule has 2 N–H and O–H groups in total. The first-order valence-electron chi connectivity index (χ1n) is 5.86. The van der Waals surface area contributed by atoms with E-state index < -0.39 is 4.92 Å². The van der Waals surface area contributed by atoms with Gasteiger partial charge < -0.3 is 10.6 Å². The van der Waals surface area contributed by atoms with E-state index in [2.05, 4.69) is 22.5 Å². The molecule has 0 amide bonds. The molecule has 0 aliphatic carbocycles. The van der Waals surface area contributed by atoms with Crippen molar-refractivity contribution < 1.29 is 4.92 Å². The fraction of sp³-hybridized carbons (Fsp3) is 0.545. The highest BCUT2D eigenvalue weighted by atomic mass is 35.5. The van der Waals surface area contributed by atoms with Gasteiger partial charge in [0.05, 0.1) is 9.95 Å². The van der Waals surface area contributed by atoms with Gasteiger partial charge in [-0.25, -0.2) is 4.98 Å². The number of piperidine rings is 1. The average molecular weight is 271 g/mol. The van der Waals surface area contributed by atoms with Gasteiger partial charge >= 0.3 is 0 Å². The van der Waals surface area contributed by atoms with E-state index in [1.165, 1.54) is 12.3 Å². The number of pyridine rings is 1. The van der Waals surface area contributed by atoms with Crippen LogP contribution in [0.1, 0.15) is 19.8 Å². The van der Waals surface area contributed by atoms with Crippen molar-refractivity contribution in [1.82, 2.24) is 10.3 Å². The van der Waals surface area contributed by atoms with Crippen LogP contribution in [0, 0.1) is 10.1 Å². The summed E-state index contributed by atoms with van der Waals surface area (Å²) in [6.45, 7) is 3.07. The van der Waals surface area contributed by atoms with E-state index in [9.17, 15) is 10.1 Å². The quantitative estimate of drug-likeness (QED) is 0.650. The summed E-state index contributed by atoms with van der Waals surface area (Å²) in [6.07, 6.45) is 3.19. The third-order valence-corrected chi connectivity index (χ3v) is 3.29. The molecule has 1 aromatic heterocycles. The minimum atomic E-state index is -0.505. The minimum Gasteiger partial charge on any atom is -0.366 e. The van der Waals surface area contributed by atoms with Crippen LogP contribution in [0.25, 0.3) is 0 Å². The lowest BCUT2D eigenvalue weighted by Crippen LogP contribution is -2.41. The second-order valence-corrected chi connectivity index (χ2v) is 4.91. The van der Waals surface area contributed by atoms with Gasteiger partial charge in [-0.15, -0.1) is 0 Å². The SMILES string of the molecule is CC1CC(Nc2ncc([N+](=O)[O-])cc2Cl)CCN1. The molecule has 98 valence electrons. The molecule has 0 bridgehead atoms. The number of halogens is 1. The molecule has 0 radical (unpaired) electrons. The Morgan fingerprint density at radius 2 is 2.44 bits per heavy atom. The van der Waals surface area contributed by atoms with Gasteiger partial charge in [0.2, 0.25) is 0 Å². The first-order chi connectivity index (χ1) is 8.56. The molecule has 2 rings (SSSR count). The molecular formula is C11H15ClN4O2. The molecule has 6 nitrogen and oxygen atoms in total. The number of aromatic nitrogens is 1. The zero-order chi connectivity index (χ0) is 13.1. The Labute approximate surface area is 110 Å². The molecule has 2 unspecified atom stereocenters. The summed E-state index contributed by atoms with van der Waals surface area (Å²) in [7, 11) is 0. The van der Waals surface area contributed by atoms with Crippen molar-refractivity contribution in [2.45, 2.75) is 31.8 Å². The minimum absolute atomic E-state index is 0.0933. The van der Waals surface area contributed by atoms with Gasteiger partial charge in [-0.1, -0.05) is 11.6 Å². The van der Waals surface area contributed by atoms with E-state index in [1.807, 2.05) is 0 Å². The lowest BCUT2D eigenvalue weighted by atomic mass is 10.0. The number of nitrogens with one attached hydrogen (secondary N) is 2. The van der Waals surface area contributed by atoms with Gasteiger partial charge in [-0.05, 0) is 26.3 Å². The molecule has 1 fully saturated rings. The number of hydrogen-bond donors (Lipinski definition) is 2. The maximum atomic E-state index is 10.6. The number of nitrogens with zero attached hydrogens (tertiary/aromatic N) is 2. The Bertz CT molecular complexity index is 455. The van der Waals surface area contributed by atoms with Crippen LogP contribution in [0.3, 0.4) is 0 Å². The van der Waals surface area contributed by atoms with Gasteiger partial charge in [0, 0.05) is 18.2 Å². The zero-order valence-corrected chi connectivity index (χ0v) is 10.8. The summed E-state index contributed by atoms with van der Waals surface area (Å²) >= 11 is 5.98. The molecule has 1 aromatic rings. The maximum absolute atomic E-state index is 10.6. The molecule has 18 heavy (non-hydrogen) atoms. The van der Waals surface area contributed by atoms with Crippen LogP contribution in [0.15, 0.2) is 12.3 Å². The largest absolute Gasteiger partial charge is 0.366 e. The van der Waals surface area contributed by atoms with Crippen molar-refractivity contribution in [2.24, 2.45) is 0 Å². The topological polar surface area (TPSA) is 80.1 Å². The Morgan fingerprint density at radius 1 is 1.67 bits per heavy atom. The van der Waals surface area contributed by atoms with E-state index in [1.54, 1.807) is 0 Å². The second-order valence-electron chi connectivity index (χ2n) is 4.50. The lowest BCUT2D eigenvalue weighted by Gasteiger charge is -2.29. The van der Waals surface area contributed by atoms with Crippen molar-refractivity contribution in [3.8, 4) is 0 Å². The van der Waals surface area contributed by atoms with E-state index in [0.717, 1.165) is 19.4 Å². The maximum Gasteiger partial charge on any atom is 0.289 e. The molecule has 2 atom stereocenters. The summed E-state index contributed by atoms with van der Waals surface area (Å²) in [5, 5.41) is 17.5. The molecular weight excluding hydrogens is 256 g/mol. The van der Waals surface area contributed by atoms with Crippen LogP contribution in [0.5, 0.6) is 0 Å². The van der Waals surface area contributed by atoms with E-state index in [4.69, 9.17) is 11.6 Å². The zero-order valence-electron chi connectivity index (χ0n) is 10.0. The van der Waals surface area contributed by atoms with E-state index in [-0.39, 0.29) is 10.7 Å². The molecule has 1 aliphatic rings. The first kappa shape index (κ1) is 13.0. The first-order valence-corrected chi connectivity index (χ1v) is 6.24. The summed E-state index contributed by atoms with van der Waals surface area (Å²) in [5.74, 6) is 0.515. The van der Waals surface area contributed by atoms with Crippen LogP contribution in [-0.2, 0) is 0 Å². The van der Waals surface area contributed by atoms with Gasteiger partial charge in [-0.2, -0.15) is 0 Å². The number of anilines is 1. The van der Waals surface area contributed by atoms with Crippen molar-refractivity contribution in [3.63, 3.8) is 0 Å². The molecule has 1 saturated heterocycles. The normalized spacial score (nSPS) is 23.7. The van der Waals surface area contributed by atoms with Crippen molar-refractivity contribution in [2.75, 3.05) is 11.9 Å². The number of rotatable bonds is 3. The number of hydrogen-bond acceptors (Lipinski definition) is 5. The molecule has 7 heteroatoms. The third-order valence-electron chi connectivity index (χ3n) is 3.00. The predicted octanol–water partition coefficient (Wildman–Crippen LogP) is 2.20. The highest BCUT2D eigenvalue weighted by Gasteiger charge is 2.20. The van der Waals surface area contributed by atoms with Gasteiger partial charge in [0.1, 0.15) is 12.0 Å². The molecule has 2 heterocycles. The standard InChI is InChI=1S/C11H15ClN4O2/c1-7-4-8(2-3-13-7)15-11-10(12)5-9(6-14-11)16(17)18/h5-8,13H,2-4H2,1H3,(H,14,15). The van der Waals surface area contributed by atoms with Crippen LogP contribution in [0.4, 0.5) is 11.5 Å². The summed E-state index contributed by atoms with van der Waals surface area (Å²) in [4.78, 5) is 14.1. The van der Waals surface area contributed by atoms with Gasteiger partial charge in [0.25, 0.3) is 5.69 Å².